The number of ether oxygens (including phenoxy) is 3. The number of aliphatic hydroxyl groups excluding tert-OH is 1. The highest BCUT2D eigenvalue weighted by molar-refractivity contribution is 5.92. The summed E-state index contributed by atoms with van der Waals surface area (Å²) in [6, 6.07) is 5.67. The summed E-state index contributed by atoms with van der Waals surface area (Å²) in [6.07, 6.45) is 1.30. The highest BCUT2D eigenvalue weighted by Gasteiger charge is 2.46. The van der Waals surface area contributed by atoms with Gasteiger partial charge in [0.2, 0.25) is 11.8 Å². The van der Waals surface area contributed by atoms with Gasteiger partial charge in [-0.25, -0.2) is 0 Å². The van der Waals surface area contributed by atoms with Crippen molar-refractivity contribution in [1.82, 2.24) is 4.90 Å². The second-order valence-corrected chi connectivity index (χ2v) is 8.52. The van der Waals surface area contributed by atoms with Crippen molar-refractivity contribution in [2.45, 2.75) is 49.9 Å². The first kappa shape index (κ1) is 21.1. The van der Waals surface area contributed by atoms with Gasteiger partial charge in [-0.2, -0.15) is 0 Å². The Morgan fingerprint density at radius 3 is 2.70 bits per heavy atom. The van der Waals surface area contributed by atoms with E-state index >= 15 is 0 Å². The predicted molar refractivity (Wildman–Crippen MR) is 109 cm³/mol. The third-order valence-corrected chi connectivity index (χ3v) is 6.26. The fourth-order valence-electron chi connectivity index (χ4n) is 4.55. The monoisotopic (exact) mass is 418 g/mol. The summed E-state index contributed by atoms with van der Waals surface area (Å²) in [5.74, 6) is 0.732. The molecular formula is C22H30N2O6. The molecule has 0 aromatic heterocycles. The normalized spacial score (nSPS) is 28.2. The van der Waals surface area contributed by atoms with Crippen molar-refractivity contribution in [3.8, 4) is 5.75 Å². The van der Waals surface area contributed by atoms with E-state index in [9.17, 15) is 14.7 Å². The molecule has 3 aliphatic heterocycles. The van der Waals surface area contributed by atoms with Crippen molar-refractivity contribution in [3.05, 3.63) is 23.8 Å². The number of hydrogen-bond acceptors (Lipinski definition) is 6. The maximum absolute atomic E-state index is 12.6. The molecule has 0 radical (unpaired) electrons. The Balaban J connectivity index is 1.49. The van der Waals surface area contributed by atoms with Gasteiger partial charge in [0.1, 0.15) is 18.0 Å². The number of rotatable bonds is 5. The van der Waals surface area contributed by atoms with Gasteiger partial charge in [0.25, 0.3) is 0 Å². The Labute approximate surface area is 176 Å². The van der Waals surface area contributed by atoms with E-state index < -0.39 is 6.10 Å². The molecule has 164 valence electrons. The third kappa shape index (κ3) is 4.31. The van der Waals surface area contributed by atoms with E-state index in [2.05, 4.69) is 5.32 Å². The zero-order valence-electron chi connectivity index (χ0n) is 17.5. The third-order valence-electron chi connectivity index (χ3n) is 6.26. The van der Waals surface area contributed by atoms with Crippen LogP contribution in [0.1, 0.15) is 37.2 Å². The quantitative estimate of drug-likeness (QED) is 0.753. The van der Waals surface area contributed by atoms with Gasteiger partial charge in [-0.15, -0.1) is 0 Å². The van der Waals surface area contributed by atoms with Gasteiger partial charge < -0.3 is 29.5 Å². The number of carbonyl (C=O) groups excluding carboxylic acids is 2. The van der Waals surface area contributed by atoms with Crippen LogP contribution in [0.3, 0.4) is 0 Å². The van der Waals surface area contributed by atoms with Crippen LogP contribution in [-0.4, -0.2) is 74.0 Å². The minimum Gasteiger partial charge on any atom is -0.487 e. The van der Waals surface area contributed by atoms with E-state index in [0.29, 0.717) is 19.6 Å². The standard InChI is InChI=1S/C22H30N2O6/c1-24(2)20(26)11-15-10-17-16-9-14(23-22(27)13-5-7-28-8-6-13)3-4-18(16)30-21(17)19(12-25)29-15/h3-4,9,13,15,17,19,21,25H,5-8,10-12H2,1-2H3,(H,23,27)/t15-,17-,19-,21+/m0/s1. The first-order valence-electron chi connectivity index (χ1n) is 10.6. The smallest absolute Gasteiger partial charge is 0.227 e. The lowest BCUT2D eigenvalue weighted by molar-refractivity contribution is -0.147. The van der Waals surface area contributed by atoms with Crippen molar-refractivity contribution in [3.63, 3.8) is 0 Å². The molecule has 0 unspecified atom stereocenters. The van der Waals surface area contributed by atoms with Crippen molar-refractivity contribution in [1.29, 1.82) is 0 Å². The Hall–Kier alpha value is -2.16. The number of fused-ring (bicyclic) bond motifs is 3. The number of amides is 2. The van der Waals surface area contributed by atoms with Gasteiger partial charge >= 0.3 is 0 Å². The Bertz CT molecular complexity index is 792. The summed E-state index contributed by atoms with van der Waals surface area (Å²) in [6.45, 7) is 1.07. The predicted octanol–water partition coefficient (Wildman–Crippen LogP) is 1.52. The summed E-state index contributed by atoms with van der Waals surface area (Å²) in [4.78, 5) is 26.3. The zero-order valence-corrected chi connectivity index (χ0v) is 17.5. The van der Waals surface area contributed by atoms with Gasteiger partial charge in [-0.05, 0) is 37.5 Å². The summed E-state index contributed by atoms with van der Waals surface area (Å²) in [5, 5.41) is 12.9. The van der Waals surface area contributed by atoms with E-state index in [1.165, 1.54) is 0 Å². The summed E-state index contributed by atoms with van der Waals surface area (Å²) in [5.41, 5.74) is 1.73. The maximum Gasteiger partial charge on any atom is 0.227 e. The van der Waals surface area contributed by atoms with Gasteiger partial charge in [0.15, 0.2) is 0 Å². The van der Waals surface area contributed by atoms with Crippen molar-refractivity contribution in [2.24, 2.45) is 5.92 Å². The molecular weight excluding hydrogens is 388 g/mol. The van der Waals surface area contributed by atoms with Crippen LogP contribution < -0.4 is 10.1 Å². The van der Waals surface area contributed by atoms with Crippen LogP contribution >= 0.6 is 0 Å². The van der Waals surface area contributed by atoms with E-state index in [1.807, 2.05) is 18.2 Å². The molecule has 30 heavy (non-hydrogen) atoms. The lowest BCUT2D eigenvalue weighted by Gasteiger charge is -2.37. The lowest BCUT2D eigenvalue weighted by Crippen LogP contribution is -2.47. The number of nitrogens with zero attached hydrogens (tertiary/aromatic N) is 1. The van der Waals surface area contributed by atoms with Crippen molar-refractivity contribution < 1.29 is 28.9 Å². The Kier molecular flexibility index (Phi) is 6.26. The van der Waals surface area contributed by atoms with Crippen LogP contribution in [0.2, 0.25) is 0 Å². The molecule has 0 saturated carbocycles. The molecule has 0 bridgehead atoms. The van der Waals surface area contributed by atoms with E-state index in [-0.39, 0.29) is 48.9 Å². The highest BCUT2D eigenvalue weighted by Crippen LogP contribution is 2.47. The summed E-state index contributed by atoms with van der Waals surface area (Å²) >= 11 is 0. The van der Waals surface area contributed by atoms with Gasteiger partial charge in [0, 0.05) is 50.4 Å². The second kappa shape index (κ2) is 8.91. The second-order valence-electron chi connectivity index (χ2n) is 8.52. The largest absolute Gasteiger partial charge is 0.487 e. The molecule has 1 aromatic rings. The number of nitrogens with one attached hydrogen (secondary N) is 1. The van der Waals surface area contributed by atoms with Gasteiger partial charge in [-0.3, -0.25) is 9.59 Å². The van der Waals surface area contributed by atoms with Crippen LogP contribution in [0.5, 0.6) is 5.75 Å². The minimum absolute atomic E-state index is 0.00537. The molecule has 2 N–H and O–H groups in total. The van der Waals surface area contributed by atoms with E-state index in [4.69, 9.17) is 14.2 Å². The zero-order chi connectivity index (χ0) is 21.3. The molecule has 2 amide bonds. The average Bonchev–Trinajstić information content (AvgIpc) is 3.11. The summed E-state index contributed by atoms with van der Waals surface area (Å²) < 4.78 is 17.4. The van der Waals surface area contributed by atoms with Crippen molar-refractivity contribution >= 4 is 17.5 Å². The number of hydrogen-bond donors (Lipinski definition) is 2. The van der Waals surface area contributed by atoms with Crippen LogP contribution in [0.25, 0.3) is 0 Å². The molecule has 3 heterocycles. The molecule has 0 aliphatic carbocycles. The topological polar surface area (TPSA) is 97.3 Å². The molecule has 3 aliphatic rings. The molecule has 8 heteroatoms. The van der Waals surface area contributed by atoms with Gasteiger partial charge in [-0.1, -0.05) is 0 Å². The number of anilines is 1. The van der Waals surface area contributed by atoms with E-state index in [1.54, 1.807) is 19.0 Å². The number of benzene rings is 1. The van der Waals surface area contributed by atoms with Crippen LogP contribution in [0.15, 0.2) is 18.2 Å². The maximum atomic E-state index is 12.6. The molecule has 0 spiro atoms. The van der Waals surface area contributed by atoms with E-state index in [0.717, 1.165) is 29.8 Å². The molecule has 2 saturated heterocycles. The Morgan fingerprint density at radius 2 is 2.00 bits per heavy atom. The number of carbonyl (C=O) groups is 2. The minimum atomic E-state index is -0.489. The van der Waals surface area contributed by atoms with Crippen LogP contribution in [-0.2, 0) is 19.1 Å². The highest BCUT2D eigenvalue weighted by atomic mass is 16.6. The molecule has 1 aromatic carbocycles. The molecule has 4 atom stereocenters. The Morgan fingerprint density at radius 1 is 1.23 bits per heavy atom. The van der Waals surface area contributed by atoms with Crippen LogP contribution in [0, 0.1) is 5.92 Å². The fraction of sp³-hybridized carbons (Fsp3) is 0.636. The fourth-order valence-corrected chi connectivity index (χ4v) is 4.55. The SMILES string of the molecule is CN(C)C(=O)C[C@@H]1C[C@H]2c3cc(NC(=O)C4CCOCC4)ccc3O[C@H]2[C@H](CO)O1. The number of aliphatic hydroxyl groups is 1. The molecule has 2 fully saturated rings. The van der Waals surface area contributed by atoms with Crippen LogP contribution in [0.4, 0.5) is 5.69 Å². The summed E-state index contributed by atoms with van der Waals surface area (Å²) in [7, 11) is 3.44. The lowest BCUT2D eigenvalue weighted by atomic mass is 9.84. The first-order valence-corrected chi connectivity index (χ1v) is 10.6. The molecule has 8 nitrogen and oxygen atoms in total. The average molecular weight is 418 g/mol. The molecule has 4 rings (SSSR count). The van der Waals surface area contributed by atoms with Gasteiger partial charge in [0.05, 0.1) is 19.1 Å². The van der Waals surface area contributed by atoms with Crippen molar-refractivity contribution in [2.75, 3.05) is 39.2 Å². The first-order chi connectivity index (χ1) is 14.5.